The largest absolute Gasteiger partial charge is 0.303 e. The smallest absolute Gasteiger partial charge is 0.298 e. The van der Waals surface area contributed by atoms with Crippen LogP contribution >= 0.6 is 15.9 Å². The summed E-state index contributed by atoms with van der Waals surface area (Å²) >= 11 is 3.29. The van der Waals surface area contributed by atoms with Crippen molar-refractivity contribution in [3.8, 4) is 0 Å². The molecule has 1 amide bonds. The summed E-state index contributed by atoms with van der Waals surface area (Å²) in [5.74, 6) is -0.00575. The Bertz CT molecular complexity index is 511. The van der Waals surface area contributed by atoms with E-state index >= 15 is 0 Å². The number of aromatic amines is 1. The molecule has 2 aromatic heterocycles. The summed E-state index contributed by atoms with van der Waals surface area (Å²) < 4.78 is 0.850. The zero-order chi connectivity index (χ0) is 11.5. The van der Waals surface area contributed by atoms with E-state index in [-0.39, 0.29) is 5.82 Å². The zero-order valence-electron chi connectivity index (χ0n) is 8.23. The van der Waals surface area contributed by atoms with Gasteiger partial charge in [0.15, 0.2) is 0 Å². The zero-order valence-corrected chi connectivity index (χ0v) is 9.82. The van der Waals surface area contributed by atoms with Crippen LogP contribution in [-0.4, -0.2) is 31.5 Å². The molecule has 2 aromatic rings. The van der Waals surface area contributed by atoms with Crippen LogP contribution in [0.3, 0.4) is 0 Å². The fourth-order valence-electron chi connectivity index (χ4n) is 1.09. The van der Waals surface area contributed by atoms with E-state index in [1.54, 1.807) is 6.20 Å². The molecule has 0 aliphatic rings. The standard InChI is InChI=1S/C8H7BrN6O/c1-4-2-5(9)3-10-6(4)11-8(16)7-12-14-15-13-7/h2-3H,1H3,(H,10,11,16)(H,12,13,14,15). The van der Waals surface area contributed by atoms with Crippen LogP contribution in [-0.2, 0) is 0 Å². The van der Waals surface area contributed by atoms with Crippen molar-refractivity contribution in [1.82, 2.24) is 25.6 Å². The molecule has 0 saturated carbocycles. The van der Waals surface area contributed by atoms with Crippen LogP contribution in [0.5, 0.6) is 0 Å². The Morgan fingerprint density at radius 2 is 2.38 bits per heavy atom. The number of H-pyrrole nitrogens is 1. The van der Waals surface area contributed by atoms with Crippen LogP contribution in [0.4, 0.5) is 5.82 Å². The summed E-state index contributed by atoms with van der Waals surface area (Å²) in [6.07, 6.45) is 1.60. The van der Waals surface area contributed by atoms with Crippen LogP contribution < -0.4 is 5.32 Å². The van der Waals surface area contributed by atoms with E-state index in [0.717, 1.165) is 10.0 Å². The molecule has 0 spiro atoms. The quantitative estimate of drug-likeness (QED) is 0.854. The highest BCUT2D eigenvalue weighted by atomic mass is 79.9. The second-order valence-electron chi connectivity index (χ2n) is 3.01. The molecule has 0 fully saturated rings. The Kier molecular flexibility index (Phi) is 2.91. The van der Waals surface area contributed by atoms with Gasteiger partial charge in [0, 0.05) is 10.7 Å². The Balaban J connectivity index is 2.18. The molecule has 8 heteroatoms. The monoisotopic (exact) mass is 282 g/mol. The molecule has 0 aliphatic heterocycles. The van der Waals surface area contributed by atoms with Crippen molar-refractivity contribution in [2.24, 2.45) is 0 Å². The molecule has 0 saturated heterocycles. The van der Waals surface area contributed by atoms with Gasteiger partial charge in [-0.15, -0.1) is 10.2 Å². The molecule has 7 nitrogen and oxygen atoms in total. The number of aromatic nitrogens is 5. The minimum Gasteiger partial charge on any atom is -0.303 e. The predicted molar refractivity (Wildman–Crippen MR) is 58.8 cm³/mol. The van der Waals surface area contributed by atoms with E-state index in [9.17, 15) is 4.79 Å². The number of hydrogen-bond donors (Lipinski definition) is 2. The van der Waals surface area contributed by atoms with Gasteiger partial charge in [-0.05, 0) is 39.7 Å². The summed E-state index contributed by atoms with van der Waals surface area (Å²) in [5.41, 5.74) is 0.839. The molecule has 16 heavy (non-hydrogen) atoms. The summed E-state index contributed by atoms with van der Waals surface area (Å²) in [5, 5.41) is 15.2. The van der Waals surface area contributed by atoms with Gasteiger partial charge in [0.1, 0.15) is 5.82 Å². The lowest BCUT2D eigenvalue weighted by Gasteiger charge is -2.04. The normalized spacial score (nSPS) is 10.1. The fraction of sp³-hybridized carbons (Fsp3) is 0.125. The highest BCUT2D eigenvalue weighted by Gasteiger charge is 2.12. The van der Waals surface area contributed by atoms with Gasteiger partial charge in [0.25, 0.3) is 11.7 Å². The Labute approximate surface area is 98.8 Å². The van der Waals surface area contributed by atoms with E-state index in [1.807, 2.05) is 13.0 Å². The molecule has 0 unspecified atom stereocenters. The van der Waals surface area contributed by atoms with Crippen molar-refractivity contribution in [1.29, 1.82) is 0 Å². The predicted octanol–water partition coefficient (Wildman–Crippen LogP) is 0.918. The number of rotatable bonds is 2. The summed E-state index contributed by atoms with van der Waals surface area (Å²) in [7, 11) is 0. The van der Waals surface area contributed by atoms with Crippen LogP contribution in [0.2, 0.25) is 0 Å². The first kappa shape index (κ1) is 10.7. The maximum absolute atomic E-state index is 11.6. The summed E-state index contributed by atoms with van der Waals surface area (Å²) in [6, 6.07) is 1.85. The average Bonchev–Trinajstić information content (AvgIpc) is 2.75. The third-order valence-corrected chi connectivity index (χ3v) is 2.26. The molecular weight excluding hydrogens is 276 g/mol. The van der Waals surface area contributed by atoms with Crippen molar-refractivity contribution in [2.75, 3.05) is 5.32 Å². The lowest BCUT2D eigenvalue weighted by Crippen LogP contribution is -2.15. The Hall–Kier alpha value is -1.83. The van der Waals surface area contributed by atoms with Gasteiger partial charge in [-0.3, -0.25) is 4.79 Å². The van der Waals surface area contributed by atoms with E-state index < -0.39 is 5.91 Å². The second kappa shape index (κ2) is 4.35. The highest BCUT2D eigenvalue weighted by molar-refractivity contribution is 9.10. The van der Waals surface area contributed by atoms with E-state index in [2.05, 4.69) is 46.9 Å². The number of carbonyl (C=O) groups excluding carboxylic acids is 1. The van der Waals surface area contributed by atoms with Gasteiger partial charge in [0.05, 0.1) is 0 Å². The SMILES string of the molecule is Cc1cc(Br)cnc1NC(=O)c1nn[nH]n1. The number of tetrazole rings is 1. The van der Waals surface area contributed by atoms with E-state index in [0.29, 0.717) is 5.82 Å². The maximum atomic E-state index is 11.6. The molecule has 0 bridgehead atoms. The minimum absolute atomic E-state index is 0.0240. The number of aryl methyl sites for hydroxylation is 1. The van der Waals surface area contributed by atoms with E-state index in [4.69, 9.17) is 0 Å². The molecule has 2 N–H and O–H groups in total. The van der Waals surface area contributed by atoms with Gasteiger partial charge in [-0.25, -0.2) is 4.98 Å². The first-order valence-electron chi connectivity index (χ1n) is 4.34. The first-order chi connectivity index (χ1) is 7.66. The summed E-state index contributed by atoms with van der Waals surface area (Å²) in [4.78, 5) is 15.6. The number of hydrogen-bond acceptors (Lipinski definition) is 5. The number of carbonyl (C=O) groups is 1. The topological polar surface area (TPSA) is 96.5 Å². The lowest BCUT2D eigenvalue weighted by molar-refractivity contribution is 0.101. The Morgan fingerprint density at radius 3 is 3.00 bits per heavy atom. The molecule has 82 valence electrons. The van der Waals surface area contributed by atoms with Crippen molar-refractivity contribution in [2.45, 2.75) is 6.92 Å². The number of pyridine rings is 1. The van der Waals surface area contributed by atoms with Crippen molar-refractivity contribution in [3.05, 3.63) is 28.1 Å². The third-order valence-electron chi connectivity index (χ3n) is 1.83. The molecule has 2 heterocycles. The van der Waals surface area contributed by atoms with Gasteiger partial charge >= 0.3 is 0 Å². The average molecular weight is 283 g/mol. The maximum Gasteiger partial charge on any atom is 0.298 e. The van der Waals surface area contributed by atoms with Gasteiger partial charge in [-0.1, -0.05) is 0 Å². The third kappa shape index (κ3) is 2.22. The number of nitrogens with zero attached hydrogens (tertiary/aromatic N) is 4. The minimum atomic E-state index is -0.452. The number of amides is 1. The molecule has 2 rings (SSSR count). The number of nitrogens with one attached hydrogen (secondary N) is 2. The van der Waals surface area contributed by atoms with Crippen LogP contribution in [0, 0.1) is 6.92 Å². The van der Waals surface area contributed by atoms with Crippen LogP contribution in [0.1, 0.15) is 16.2 Å². The van der Waals surface area contributed by atoms with Crippen LogP contribution in [0.15, 0.2) is 16.7 Å². The number of anilines is 1. The van der Waals surface area contributed by atoms with Crippen LogP contribution in [0.25, 0.3) is 0 Å². The lowest BCUT2D eigenvalue weighted by atomic mass is 10.3. The highest BCUT2D eigenvalue weighted by Crippen LogP contribution is 2.16. The van der Waals surface area contributed by atoms with Crippen molar-refractivity contribution in [3.63, 3.8) is 0 Å². The molecule has 0 atom stereocenters. The second-order valence-corrected chi connectivity index (χ2v) is 3.92. The van der Waals surface area contributed by atoms with Gasteiger partial charge in [-0.2, -0.15) is 5.21 Å². The molecular formula is C8H7BrN6O. The molecule has 0 radical (unpaired) electrons. The Morgan fingerprint density at radius 1 is 1.56 bits per heavy atom. The molecule has 0 aromatic carbocycles. The van der Waals surface area contributed by atoms with Crippen molar-refractivity contribution < 1.29 is 4.79 Å². The summed E-state index contributed by atoms with van der Waals surface area (Å²) in [6.45, 7) is 1.84. The van der Waals surface area contributed by atoms with E-state index in [1.165, 1.54) is 0 Å². The fourth-order valence-corrected chi connectivity index (χ4v) is 1.54. The van der Waals surface area contributed by atoms with Gasteiger partial charge < -0.3 is 5.32 Å². The number of halogens is 1. The van der Waals surface area contributed by atoms with Crippen molar-refractivity contribution >= 4 is 27.7 Å². The van der Waals surface area contributed by atoms with Gasteiger partial charge in [0.2, 0.25) is 0 Å². The first-order valence-corrected chi connectivity index (χ1v) is 5.13. The molecule has 0 aliphatic carbocycles.